The third-order valence-electron chi connectivity index (χ3n) is 12.1. The largest absolute Gasteiger partial charge is 0.446 e. The predicted octanol–water partition coefficient (Wildman–Crippen LogP) is 10.1. The fraction of sp³-hybridized carbons (Fsp3) is 0.694. The van der Waals surface area contributed by atoms with Crippen LogP contribution in [-0.2, 0) is 4.74 Å². The molecule has 0 aliphatic heterocycles. The Morgan fingerprint density at radius 3 is 2.51 bits per heavy atom. The maximum Gasteiger partial charge on any atom is 0.411 e. The summed E-state index contributed by atoms with van der Waals surface area (Å²) < 4.78 is 5.92. The third kappa shape index (κ3) is 5.49. The number of benzene rings is 1. The molecule has 0 heterocycles. The molecule has 0 aromatic heterocycles. The lowest BCUT2D eigenvalue weighted by Crippen LogP contribution is -2.51. The first-order chi connectivity index (χ1) is 18.7. The van der Waals surface area contributed by atoms with Gasteiger partial charge in [-0.15, -0.1) is 0 Å². The van der Waals surface area contributed by atoms with E-state index in [-0.39, 0.29) is 17.6 Å². The SMILES string of the molecule is CCC(/C=C/C(C)C1CCC2C3CC=C4CC(OC(=O)Nc5ccccc5)CCC4(C)C3CCC12C)C(C)C. The van der Waals surface area contributed by atoms with Gasteiger partial charge in [-0.3, -0.25) is 5.32 Å². The lowest BCUT2D eigenvalue weighted by Gasteiger charge is -2.58. The first-order valence-corrected chi connectivity index (χ1v) is 16.1. The Labute approximate surface area is 238 Å². The van der Waals surface area contributed by atoms with Crippen molar-refractivity contribution in [3.63, 3.8) is 0 Å². The highest BCUT2D eigenvalue weighted by atomic mass is 16.6. The molecular formula is C36H53NO2. The summed E-state index contributed by atoms with van der Waals surface area (Å²) >= 11 is 0. The number of nitrogens with one attached hydrogen (secondary N) is 1. The standard InChI is InChI=1S/C36H53NO2/c1-7-26(24(2)3)14-13-25(4)31-17-18-32-30-16-15-27-23-29(39-34(38)37-28-11-9-8-10-12-28)19-21-35(27,5)33(30)20-22-36(31,32)6/h8-15,24-26,29-33H,7,16-23H2,1-6H3,(H,37,38)/b14-13+. The van der Waals surface area contributed by atoms with Gasteiger partial charge in [-0.05, 0) is 116 Å². The molecule has 1 amide bonds. The molecule has 0 radical (unpaired) electrons. The van der Waals surface area contributed by atoms with Crippen LogP contribution in [0.2, 0.25) is 0 Å². The number of anilines is 1. The highest BCUT2D eigenvalue weighted by Gasteiger charge is 2.59. The van der Waals surface area contributed by atoms with Gasteiger partial charge in [0.05, 0.1) is 0 Å². The van der Waals surface area contributed by atoms with E-state index in [1.165, 1.54) is 38.5 Å². The van der Waals surface area contributed by atoms with E-state index in [9.17, 15) is 4.79 Å². The molecule has 3 heteroatoms. The van der Waals surface area contributed by atoms with Crippen molar-refractivity contribution in [2.45, 2.75) is 105 Å². The second-order valence-corrected chi connectivity index (χ2v) is 14.3. The summed E-state index contributed by atoms with van der Waals surface area (Å²) in [5.41, 5.74) is 3.11. The van der Waals surface area contributed by atoms with E-state index in [1.807, 2.05) is 30.3 Å². The predicted molar refractivity (Wildman–Crippen MR) is 162 cm³/mol. The summed E-state index contributed by atoms with van der Waals surface area (Å²) in [6.45, 7) is 14.8. The van der Waals surface area contributed by atoms with Crippen LogP contribution < -0.4 is 5.32 Å². The van der Waals surface area contributed by atoms with Gasteiger partial charge in [0.15, 0.2) is 0 Å². The van der Waals surface area contributed by atoms with Crippen LogP contribution in [0.15, 0.2) is 54.1 Å². The molecule has 9 unspecified atom stereocenters. The van der Waals surface area contributed by atoms with Crippen molar-refractivity contribution in [3.8, 4) is 0 Å². The molecule has 214 valence electrons. The minimum Gasteiger partial charge on any atom is -0.446 e. The van der Waals surface area contributed by atoms with Gasteiger partial charge in [-0.1, -0.05) is 83.5 Å². The molecule has 3 fully saturated rings. The van der Waals surface area contributed by atoms with Crippen LogP contribution in [0.3, 0.4) is 0 Å². The zero-order valence-corrected chi connectivity index (χ0v) is 25.4. The van der Waals surface area contributed by atoms with E-state index in [4.69, 9.17) is 4.74 Å². The lowest BCUT2D eigenvalue weighted by atomic mass is 9.47. The first-order valence-electron chi connectivity index (χ1n) is 16.1. The van der Waals surface area contributed by atoms with E-state index in [0.29, 0.717) is 17.3 Å². The maximum atomic E-state index is 12.6. The topological polar surface area (TPSA) is 38.3 Å². The zero-order chi connectivity index (χ0) is 27.8. The second-order valence-electron chi connectivity index (χ2n) is 14.3. The van der Waals surface area contributed by atoms with Gasteiger partial charge in [0.25, 0.3) is 0 Å². The first kappa shape index (κ1) is 28.5. The van der Waals surface area contributed by atoms with Gasteiger partial charge in [0.1, 0.15) is 6.10 Å². The molecule has 3 saturated carbocycles. The fourth-order valence-corrected chi connectivity index (χ4v) is 9.73. The Morgan fingerprint density at radius 2 is 1.79 bits per heavy atom. The van der Waals surface area contributed by atoms with E-state index < -0.39 is 0 Å². The summed E-state index contributed by atoms with van der Waals surface area (Å²) in [4.78, 5) is 12.6. The molecule has 9 atom stereocenters. The summed E-state index contributed by atoms with van der Waals surface area (Å²) in [6, 6.07) is 9.61. The monoisotopic (exact) mass is 531 g/mol. The molecule has 1 aromatic rings. The number of rotatable bonds is 7. The fourth-order valence-electron chi connectivity index (χ4n) is 9.73. The second kappa shape index (κ2) is 11.5. The molecule has 4 aliphatic rings. The molecule has 0 saturated heterocycles. The Bertz CT molecular complexity index is 1060. The molecule has 3 nitrogen and oxygen atoms in total. The van der Waals surface area contributed by atoms with E-state index in [0.717, 1.165) is 54.5 Å². The van der Waals surface area contributed by atoms with Crippen LogP contribution >= 0.6 is 0 Å². The van der Waals surface area contributed by atoms with Gasteiger partial charge >= 0.3 is 6.09 Å². The van der Waals surface area contributed by atoms with Crippen LogP contribution in [-0.4, -0.2) is 12.2 Å². The number of allylic oxidation sites excluding steroid dienone is 3. The van der Waals surface area contributed by atoms with Crippen molar-refractivity contribution >= 4 is 11.8 Å². The van der Waals surface area contributed by atoms with E-state index >= 15 is 0 Å². The Hall–Kier alpha value is -2.03. The maximum absolute atomic E-state index is 12.6. The highest BCUT2D eigenvalue weighted by Crippen LogP contribution is 2.67. The smallest absolute Gasteiger partial charge is 0.411 e. The summed E-state index contributed by atoms with van der Waals surface area (Å²) in [6.07, 6.45) is 18.4. The molecule has 1 N–H and O–H groups in total. The number of carbonyl (C=O) groups is 1. The van der Waals surface area contributed by atoms with Gasteiger partial charge in [-0.2, -0.15) is 0 Å². The van der Waals surface area contributed by atoms with Crippen LogP contribution in [0.25, 0.3) is 0 Å². The highest BCUT2D eigenvalue weighted by molar-refractivity contribution is 5.84. The number of amides is 1. The molecular weight excluding hydrogens is 478 g/mol. The van der Waals surface area contributed by atoms with Crippen molar-refractivity contribution in [1.29, 1.82) is 0 Å². The third-order valence-corrected chi connectivity index (χ3v) is 12.1. The molecule has 5 rings (SSSR count). The zero-order valence-electron chi connectivity index (χ0n) is 25.4. The number of hydrogen-bond donors (Lipinski definition) is 1. The molecule has 4 aliphatic carbocycles. The number of fused-ring (bicyclic) bond motifs is 5. The number of ether oxygens (including phenoxy) is 1. The van der Waals surface area contributed by atoms with Gasteiger partial charge < -0.3 is 4.74 Å². The number of hydrogen-bond acceptors (Lipinski definition) is 2. The minimum atomic E-state index is -0.323. The van der Waals surface area contributed by atoms with Crippen LogP contribution in [0.1, 0.15) is 99.3 Å². The van der Waals surface area contributed by atoms with E-state index in [2.05, 4.69) is 65.1 Å². The number of carbonyl (C=O) groups excluding carboxylic acids is 1. The normalized spacial score (nSPS) is 37.4. The average molecular weight is 532 g/mol. The molecule has 1 aromatic carbocycles. The van der Waals surface area contributed by atoms with Gasteiger partial charge in [-0.25, -0.2) is 4.79 Å². The number of para-hydroxylation sites is 1. The van der Waals surface area contributed by atoms with Gasteiger partial charge in [0, 0.05) is 12.1 Å². The van der Waals surface area contributed by atoms with Crippen LogP contribution in [0.5, 0.6) is 0 Å². The van der Waals surface area contributed by atoms with Gasteiger partial charge in [0.2, 0.25) is 0 Å². The molecule has 0 bridgehead atoms. The van der Waals surface area contributed by atoms with Crippen molar-refractivity contribution in [2.75, 3.05) is 5.32 Å². The Kier molecular flexibility index (Phi) is 8.37. The van der Waals surface area contributed by atoms with Crippen molar-refractivity contribution in [1.82, 2.24) is 0 Å². The van der Waals surface area contributed by atoms with Crippen LogP contribution in [0.4, 0.5) is 10.5 Å². The summed E-state index contributed by atoms with van der Waals surface area (Å²) in [7, 11) is 0. The summed E-state index contributed by atoms with van der Waals surface area (Å²) in [5.74, 6) is 5.37. The van der Waals surface area contributed by atoms with Crippen molar-refractivity contribution in [3.05, 3.63) is 54.1 Å². The Balaban J connectivity index is 1.24. The molecule has 39 heavy (non-hydrogen) atoms. The lowest BCUT2D eigenvalue weighted by molar-refractivity contribution is -0.0545. The van der Waals surface area contributed by atoms with Crippen LogP contribution in [0, 0.1) is 52.3 Å². The van der Waals surface area contributed by atoms with Crippen molar-refractivity contribution in [2.24, 2.45) is 52.3 Å². The average Bonchev–Trinajstić information content (AvgIpc) is 3.27. The van der Waals surface area contributed by atoms with Crippen molar-refractivity contribution < 1.29 is 9.53 Å². The quantitative estimate of drug-likeness (QED) is 0.355. The summed E-state index contributed by atoms with van der Waals surface area (Å²) in [5, 5.41) is 2.90. The Morgan fingerprint density at radius 1 is 1.03 bits per heavy atom. The molecule has 0 spiro atoms. The minimum absolute atomic E-state index is 0.0141. The van der Waals surface area contributed by atoms with E-state index in [1.54, 1.807) is 5.57 Å².